The highest BCUT2D eigenvalue weighted by Gasteiger charge is 2.29. The minimum atomic E-state index is -0.422. The van der Waals surface area contributed by atoms with Crippen molar-refractivity contribution in [2.75, 3.05) is 7.11 Å². The topological polar surface area (TPSA) is 72.6 Å². The smallest absolute Gasteiger partial charge is 0.311 e. The maximum absolute atomic E-state index is 11.1. The largest absolute Gasteiger partial charge is 0.490 e. The summed E-state index contributed by atoms with van der Waals surface area (Å²) in [5.41, 5.74) is 0.885. The van der Waals surface area contributed by atoms with Gasteiger partial charge in [0.25, 0.3) is 0 Å². The van der Waals surface area contributed by atoms with Crippen LogP contribution in [0.3, 0.4) is 0 Å². The molecule has 0 saturated heterocycles. The molecular formula is C16H23NO4. The van der Waals surface area contributed by atoms with Crippen LogP contribution in [0.25, 0.3) is 0 Å². The van der Waals surface area contributed by atoms with Crippen LogP contribution in [0.4, 0.5) is 5.69 Å². The predicted molar refractivity (Wildman–Crippen MR) is 80.5 cm³/mol. The Bertz CT molecular complexity index is 503. The van der Waals surface area contributed by atoms with Gasteiger partial charge in [-0.3, -0.25) is 10.1 Å². The Morgan fingerprint density at radius 2 is 2.19 bits per heavy atom. The van der Waals surface area contributed by atoms with Gasteiger partial charge in [0.2, 0.25) is 0 Å². The monoisotopic (exact) mass is 293 g/mol. The van der Waals surface area contributed by atoms with Crippen molar-refractivity contribution in [3.05, 3.63) is 33.9 Å². The third-order valence-electron chi connectivity index (χ3n) is 4.57. The summed E-state index contributed by atoms with van der Waals surface area (Å²) in [4.78, 5) is 10.6. The first-order valence-electron chi connectivity index (χ1n) is 7.54. The van der Waals surface area contributed by atoms with Crippen LogP contribution in [0.1, 0.15) is 38.2 Å². The number of nitro groups is 1. The van der Waals surface area contributed by atoms with Gasteiger partial charge in [-0.05, 0) is 49.1 Å². The van der Waals surface area contributed by atoms with Crippen molar-refractivity contribution in [3.63, 3.8) is 0 Å². The second-order valence-electron chi connectivity index (χ2n) is 5.88. The molecule has 5 nitrogen and oxygen atoms in total. The van der Waals surface area contributed by atoms with E-state index in [2.05, 4.69) is 6.92 Å². The van der Waals surface area contributed by atoms with Gasteiger partial charge in [0.1, 0.15) is 0 Å². The Labute approximate surface area is 125 Å². The quantitative estimate of drug-likeness (QED) is 0.667. The maximum Gasteiger partial charge on any atom is 0.311 e. The average molecular weight is 293 g/mol. The van der Waals surface area contributed by atoms with E-state index in [-0.39, 0.29) is 23.5 Å². The van der Waals surface area contributed by atoms with Gasteiger partial charge in [-0.1, -0.05) is 19.4 Å². The molecule has 2 rings (SSSR count). The highest BCUT2D eigenvalue weighted by atomic mass is 16.6. The molecule has 0 bridgehead atoms. The molecule has 0 aromatic heterocycles. The summed E-state index contributed by atoms with van der Waals surface area (Å²) in [5.74, 6) is 1.13. The normalized spacial score (nSPS) is 25.6. The highest BCUT2D eigenvalue weighted by molar-refractivity contribution is 5.48. The molecule has 0 spiro atoms. The van der Waals surface area contributed by atoms with Gasteiger partial charge in [0.15, 0.2) is 5.75 Å². The number of ether oxygens (including phenoxy) is 1. The fourth-order valence-corrected chi connectivity index (χ4v) is 3.24. The summed E-state index contributed by atoms with van der Waals surface area (Å²) in [6.07, 6.45) is 4.43. The van der Waals surface area contributed by atoms with Gasteiger partial charge < -0.3 is 9.84 Å². The Morgan fingerprint density at radius 1 is 1.43 bits per heavy atom. The van der Waals surface area contributed by atoms with Crippen molar-refractivity contribution in [3.8, 4) is 5.75 Å². The number of nitro benzene ring substituents is 1. The summed E-state index contributed by atoms with van der Waals surface area (Å²) >= 11 is 0. The number of nitrogens with zero attached hydrogens (tertiary/aromatic N) is 1. The lowest BCUT2D eigenvalue weighted by molar-refractivity contribution is -0.385. The van der Waals surface area contributed by atoms with E-state index in [1.807, 2.05) is 6.07 Å². The van der Waals surface area contributed by atoms with Crippen molar-refractivity contribution in [2.24, 2.45) is 11.8 Å². The maximum atomic E-state index is 11.1. The second kappa shape index (κ2) is 6.89. The number of rotatable bonds is 5. The number of benzene rings is 1. The molecule has 5 heteroatoms. The Hall–Kier alpha value is -1.62. The van der Waals surface area contributed by atoms with Gasteiger partial charge in [0, 0.05) is 6.07 Å². The number of hydrogen-bond acceptors (Lipinski definition) is 4. The van der Waals surface area contributed by atoms with Crippen LogP contribution in [0.5, 0.6) is 5.75 Å². The van der Waals surface area contributed by atoms with E-state index in [0.717, 1.165) is 31.2 Å². The molecule has 1 aliphatic carbocycles. The highest BCUT2D eigenvalue weighted by Crippen LogP contribution is 2.35. The zero-order valence-corrected chi connectivity index (χ0v) is 12.6. The van der Waals surface area contributed by atoms with Crippen LogP contribution in [0, 0.1) is 22.0 Å². The number of aliphatic hydroxyl groups is 1. The summed E-state index contributed by atoms with van der Waals surface area (Å²) in [5, 5.41) is 21.2. The molecule has 3 unspecified atom stereocenters. The molecule has 1 fully saturated rings. The summed E-state index contributed by atoms with van der Waals surface area (Å²) < 4.78 is 5.02. The standard InChI is InChI=1S/C16H23NO4/c1-3-11-4-6-15(18)13(8-11)9-12-5-7-16(21-2)14(10-12)17(19)20/h5,7,10-11,13,15,18H,3-4,6,8-9H2,1-2H3. The Kier molecular flexibility index (Phi) is 5.17. The van der Waals surface area contributed by atoms with E-state index in [0.29, 0.717) is 12.3 Å². The fourth-order valence-electron chi connectivity index (χ4n) is 3.24. The molecule has 116 valence electrons. The minimum Gasteiger partial charge on any atom is -0.490 e. The molecule has 1 N–H and O–H groups in total. The van der Waals surface area contributed by atoms with E-state index in [1.165, 1.54) is 7.11 Å². The molecule has 21 heavy (non-hydrogen) atoms. The molecule has 0 heterocycles. The number of aliphatic hydroxyl groups excluding tert-OH is 1. The summed E-state index contributed by atoms with van der Waals surface area (Å²) in [6, 6.07) is 5.06. The van der Waals surface area contributed by atoms with Crippen molar-refractivity contribution in [2.45, 2.75) is 45.1 Å². The van der Waals surface area contributed by atoms with Crippen LogP contribution >= 0.6 is 0 Å². The predicted octanol–water partition coefficient (Wildman–Crippen LogP) is 3.33. The molecule has 1 aromatic carbocycles. The molecule has 3 atom stereocenters. The van der Waals surface area contributed by atoms with E-state index in [9.17, 15) is 15.2 Å². The molecule has 0 amide bonds. The van der Waals surface area contributed by atoms with Gasteiger partial charge in [-0.2, -0.15) is 0 Å². The SMILES string of the molecule is CCC1CCC(O)C(Cc2ccc(OC)c([N+](=O)[O-])c2)C1. The third-order valence-corrected chi connectivity index (χ3v) is 4.57. The van der Waals surface area contributed by atoms with Gasteiger partial charge in [-0.15, -0.1) is 0 Å². The lowest BCUT2D eigenvalue weighted by Crippen LogP contribution is -2.30. The van der Waals surface area contributed by atoms with Crippen molar-refractivity contribution >= 4 is 5.69 Å². The van der Waals surface area contributed by atoms with Crippen molar-refractivity contribution in [1.82, 2.24) is 0 Å². The van der Waals surface area contributed by atoms with E-state index >= 15 is 0 Å². The fraction of sp³-hybridized carbons (Fsp3) is 0.625. The average Bonchev–Trinajstić information content (AvgIpc) is 2.49. The lowest BCUT2D eigenvalue weighted by Gasteiger charge is -2.33. The molecule has 0 radical (unpaired) electrons. The van der Waals surface area contributed by atoms with Gasteiger partial charge in [0.05, 0.1) is 18.1 Å². The third kappa shape index (κ3) is 3.73. The Morgan fingerprint density at radius 3 is 2.81 bits per heavy atom. The van der Waals surface area contributed by atoms with Gasteiger partial charge >= 0.3 is 5.69 Å². The lowest BCUT2D eigenvalue weighted by atomic mass is 9.76. The first kappa shape index (κ1) is 15.8. The Balaban J connectivity index is 2.15. The molecule has 1 saturated carbocycles. The summed E-state index contributed by atoms with van der Waals surface area (Å²) in [7, 11) is 1.43. The zero-order valence-electron chi connectivity index (χ0n) is 12.6. The van der Waals surface area contributed by atoms with Crippen LogP contribution in [-0.2, 0) is 6.42 Å². The van der Waals surface area contributed by atoms with Crippen LogP contribution in [-0.4, -0.2) is 23.2 Å². The zero-order chi connectivity index (χ0) is 15.4. The van der Waals surface area contributed by atoms with Crippen LogP contribution in [0.2, 0.25) is 0 Å². The van der Waals surface area contributed by atoms with Gasteiger partial charge in [-0.25, -0.2) is 0 Å². The van der Waals surface area contributed by atoms with E-state index in [4.69, 9.17) is 4.74 Å². The summed E-state index contributed by atoms with van der Waals surface area (Å²) in [6.45, 7) is 2.18. The molecule has 1 aromatic rings. The van der Waals surface area contributed by atoms with Crippen LogP contribution in [0.15, 0.2) is 18.2 Å². The first-order chi connectivity index (χ1) is 10.0. The van der Waals surface area contributed by atoms with Crippen LogP contribution < -0.4 is 4.74 Å². The van der Waals surface area contributed by atoms with E-state index < -0.39 is 4.92 Å². The van der Waals surface area contributed by atoms with E-state index in [1.54, 1.807) is 12.1 Å². The minimum absolute atomic E-state index is 0.00709. The molecule has 0 aliphatic heterocycles. The first-order valence-corrected chi connectivity index (χ1v) is 7.54. The van der Waals surface area contributed by atoms with Crippen molar-refractivity contribution < 1.29 is 14.8 Å². The number of hydrogen-bond donors (Lipinski definition) is 1. The molecular weight excluding hydrogens is 270 g/mol. The van der Waals surface area contributed by atoms with Crippen molar-refractivity contribution in [1.29, 1.82) is 0 Å². The molecule has 1 aliphatic rings. The number of methoxy groups -OCH3 is 1. The second-order valence-corrected chi connectivity index (χ2v) is 5.88.